The van der Waals surface area contributed by atoms with Crippen LogP contribution < -0.4 is 15.4 Å². The van der Waals surface area contributed by atoms with Crippen LogP contribution in [0.1, 0.15) is 12.0 Å². The van der Waals surface area contributed by atoms with E-state index in [0.29, 0.717) is 16.3 Å². The normalized spacial score (nSPS) is 15.4. The van der Waals surface area contributed by atoms with Gasteiger partial charge in [0, 0.05) is 31.1 Å². The number of amides is 3. The number of nitrogens with one attached hydrogen (secondary N) is 2. The van der Waals surface area contributed by atoms with E-state index < -0.39 is 28.8 Å². The fraction of sp³-hybridized carbons (Fsp3) is 0.286. The minimum Gasteiger partial charge on any atom is -0.484 e. The summed E-state index contributed by atoms with van der Waals surface area (Å²) in [6.07, 6.45) is -4.67. The third kappa shape index (κ3) is 5.94. The van der Waals surface area contributed by atoms with Crippen molar-refractivity contribution in [2.45, 2.75) is 22.7 Å². The van der Waals surface area contributed by atoms with E-state index in [-0.39, 0.29) is 24.6 Å². The highest BCUT2D eigenvalue weighted by atomic mass is 32.2. The highest BCUT2D eigenvalue weighted by molar-refractivity contribution is 8.01. The van der Waals surface area contributed by atoms with Gasteiger partial charge in [-0.25, -0.2) is 0 Å². The monoisotopic (exact) mass is 467 g/mol. The summed E-state index contributed by atoms with van der Waals surface area (Å²) in [6, 6.07) is 9.48. The standard InChI is InChI=1S/C21H20F3N3O4S/c1-27(2)19(29)11-31-14-6-4-13(5-7-14)25-18(28)10-17-20(30)26-15-9-12(21(22,23)24)3-8-16(15)32-17/h3-9,17H,10-11H2,1-2H3,(H,25,28)(H,26,30). The van der Waals surface area contributed by atoms with Gasteiger partial charge in [0.15, 0.2) is 6.61 Å². The van der Waals surface area contributed by atoms with Gasteiger partial charge in [-0.3, -0.25) is 14.4 Å². The van der Waals surface area contributed by atoms with Crippen LogP contribution in [0.2, 0.25) is 0 Å². The van der Waals surface area contributed by atoms with Crippen LogP contribution in [0, 0.1) is 0 Å². The van der Waals surface area contributed by atoms with E-state index >= 15 is 0 Å². The van der Waals surface area contributed by atoms with Gasteiger partial charge in [-0.2, -0.15) is 13.2 Å². The molecular weight excluding hydrogens is 447 g/mol. The first-order valence-electron chi connectivity index (χ1n) is 9.44. The highest BCUT2D eigenvalue weighted by Gasteiger charge is 2.34. The molecular formula is C21H20F3N3O4S. The van der Waals surface area contributed by atoms with Gasteiger partial charge in [0.05, 0.1) is 16.5 Å². The number of thioether (sulfide) groups is 1. The number of alkyl halides is 3. The van der Waals surface area contributed by atoms with E-state index in [2.05, 4.69) is 10.6 Å². The molecule has 0 aromatic heterocycles. The minimum atomic E-state index is -4.51. The minimum absolute atomic E-state index is 0.0785. The number of carbonyl (C=O) groups is 3. The van der Waals surface area contributed by atoms with E-state index in [4.69, 9.17) is 4.74 Å². The van der Waals surface area contributed by atoms with Crippen LogP contribution in [-0.2, 0) is 20.6 Å². The number of anilines is 2. The van der Waals surface area contributed by atoms with Crippen LogP contribution in [0.3, 0.4) is 0 Å². The van der Waals surface area contributed by atoms with Gasteiger partial charge in [-0.05, 0) is 42.5 Å². The molecule has 0 radical (unpaired) electrons. The second kappa shape index (κ2) is 9.51. The first kappa shape index (κ1) is 23.5. The molecule has 2 N–H and O–H groups in total. The number of hydrogen-bond donors (Lipinski definition) is 2. The van der Waals surface area contributed by atoms with Crippen molar-refractivity contribution >= 4 is 40.9 Å². The number of nitrogens with zero attached hydrogens (tertiary/aromatic N) is 1. The Morgan fingerprint density at radius 1 is 1.16 bits per heavy atom. The van der Waals surface area contributed by atoms with Gasteiger partial charge < -0.3 is 20.3 Å². The molecule has 2 aromatic rings. The van der Waals surface area contributed by atoms with Crippen molar-refractivity contribution < 1.29 is 32.3 Å². The van der Waals surface area contributed by atoms with E-state index in [1.54, 1.807) is 38.4 Å². The van der Waals surface area contributed by atoms with Gasteiger partial charge in [-0.15, -0.1) is 11.8 Å². The Morgan fingerprint density at radius 2 is 1.84 bits per heavy atom. The number of benzene rings is 2. The molecule has 1 atom stereocenters. The predicted octanol–water partition coefficient (Wildman–Crippen LogP) is 3.61. The third-order valence-electron chi connectivity index (χ3n) is 4.50. The summed E-state index contributed by atoms with van der Waals surface area (Å²) in [4.78, 5) is 38.1. The number of rotatable bonds is 6. The molecule has 2 aromatic carbocycles. The number of halogens is 3. The zero-order chi connectivity index (χ0) is 23.5. The molecule has 3 amide bonds. The average Bonchev–Trinajstić information content (AvgIpc) is 2.72. The van der Waals surface area contributed by atoms with Gasteiger partial charge in [-0.1, -0.05) is 0 Å². The molecule has 1 aliphatic rings. The van der Waals surface area contributed by atoms with Crippen molar-refractivity contribution in [1.29, 1.82) is 0 Å². The molecule has 0 fully saturated rings. The van der Waals surface area contributed by atoms with Crippen LogP contribution in [-0.4, -0.2) is 48.6 Å². The summed E-state index contributed by atoms with van der Waals surface area (Å²) in [7, 11) is 3.24. The smallest absolute Gasteiger partial charge is 0.416 e. The van der Waals surface area contributed by atoms with Crippen LogP contribution in [0.15, 0.2) is 47.4 Å². The summed E-state index contributed by atoms with van der Waals surface area (Å²) >= 11 is 1.04. The fourth-order valence-corrected chi connectivity index (χ4v) is 3.84. The Morgan fingerprint density at radius 3 is 2.47 bits per heavy atom. The number of hydrogen-bond acceptors (Lipinski definition) is 5. The number of ether oxygens (including phenoxy) is 1. The summed E-state index contributed by atoms with van der Waals surface area (Å²) in [5.41, 5.74) is -0.306. The largest absolute Gasteiger partial charge is 0.484 e. The molecule has 1 aliphatic heterocycles. The van der Waals surface area contributed by atoms with Crippen molar-refractivity contribution in [3.05, 3.63) is 48.0 Å². The third-order valence-corrected chi connectivity index (χ3v) is 5.77. The molecule has 0 bridgehead atoms. The van der Waals surface area contributed by atoms with Gasteiger partial charge in [0.25, 0.3) is 5.91 Å². The molecule has 0 aliphatic carbocycles. The second-order valence-electron chi connectivity index (χ2n) is 7.16. The molecule has 170 valence electrons. The molecule has 3 rings (SSSR count). The first-order chi connectivity index (χ1) is 15.0. The Labute approximate surface area is 186 Å². The topological polar surface area (TPSA) is 87.7 Å². The maximum absolute atomic E-state index is 12.8. The zero-order valence-electron chi connectivity index (χ0n) is 17.2. The van der Waals surface area contributed by atoms with Crippen LogP contribution >= 0.6 is 11.8 Å². The van der Waals surface area contributed by atoms with Crippen LogP contribution in [0.5, 0.6) is 5.75 Å². The quantitative estimate of drug-likeness (QED) is 0.678. The van der Waals surface area contributed by atoms with E-state index in [1.165, 1.54) is 11.0 Å². The molecule has 0 spiro atoms. The zero-order valence-corrected chi connectivity index (χ0v) is 18.0. The number of likely N-dealkylation sites (N-methyl/N-ethyl adjacent to an activating group) is 1. The number of carbonyl (C=O) groups excluding carboxylic acids is 3. The summed E-state index contributed by atoms with van der Waals surface area (Å²) < 4.78 is 43.9. The van der Waals surface area contributed by atoms with E-state index in [9.17, 15) is 27.6 Å². The van der Waals surface area contributed by atoms with E-state index in [0.717, 1.165) is 23.9 Å². The highest BCUT2D eigenvalue weighted by Crippen LogP contribution is 2.40. The SMILES string of the molecule is CN(C)C(=O)COc1ccc(NC(=O)CC2Sc3ccc(C(F)(F)F)cc3NC2=O)cc1. The van der Waals surface area contributed by atoms with Crippen LogP contribution in [0.4, 0.5) is 24.5 Å². The second-order valence-corrected chi connectivity index (χ2v) is 8.40. The van der Waals surface area contributed by atoms with Crippen molar-refractivity contribution in [3.8, 4) is 5.75 Å². The van der Waals surface area contributed by atoms with Gasteiger partial charge >= 0.3 is 6.18 Å². The Bertz CT molecular complexity index is 1030. The lowest BCUT2D eigenvalue weighted by Crippen LogP contribution is -2.32. The lowest BCUT2D eigenvalue weighted by atomic mass is 10.1. The molecule has 32 heavy (non-hydrogen) atoms. The maximum atomic E-state index is 12.8. The average molecular weight is 467 g/mol. The summed E-state index contributed by atoms with van der Waals surface area (Å²) in [5, 5.41) is 4.33. The van der Waals surface area contributed by atoms with E-state index in [1.807, 2.05) is 0 Å². The maximum Gasteiger partial charge on any atom is 0.416 e. The van der Waals surface area contributed by atoms with Crippen molar-refractivity contribution in [2.24, 2.45) is 0 Å². The molecule has 1 unspecified atom stereocenters. The lowest BCUT2D eigenvalue weighted by Gasteiger charge is -2.24. The fourth-order valence-electron chi connectivity index (χ4n) is 2.75. The molecule has 0 saturated heterocycles. The predicted molar refractivity (Wildman–Crippen MR) is 114 cm³/mol. The Balaban J connectivity index is 1.56. The molecule has 0 saturated carbocycles. The van der Waals surface area contributed by atoms with Crippen LogP contribution in [0.25, 0.3) is 0 Å². The number of fused-ring (bicyclic) bond motifs is 1. The first-order valence-corrected chi connectivity index (χ1v) is 10.3. The Kier molecular flexibility index (Phi) is 6.97. The summed E-state index contributed by atoms with van der Waals surface area (Å²) in [6.45, 7) is -0.112. The van der Waals surface area contributed by atoms with Gasteiger partial charge in [0.1, 0.15) is 5.75 Å². The summed E-state index contributed by atoms with van der Waals surface area (Å²) in [5.74, 6) is -0.701. The van der Waals surface area contributed by atoms with Gasteiger partial charge in [0.2, 0.25) is 11.8 Å². The lowest BCUT2D eigenvalue weighted by molar-refractivity contribution is -0.137. The van der Waals surface area contributed by atoms with Crippen molar-refractivity contribution in [2.75, 3.05) is 31.3 Å². The Hall–Kier alpha value is -3.21. The molecule has 7 nitrogen and oxygen atoms in total. The molecule has 1 heterocycles. The van der Waals surface area contributed by atoms with Crippen molar-refractivity contribution in [3.63, 3.8) is 0 Å². The van der Waals surface area contributed by atoms with Crippen molar-refractivity contribution in [1.82, 2.24) is 4.90 Å². The molecule has 11 heteroatoms.